The van der Waals surface area contributed by atoms with Crippen LogP contribution in [0.25, 0.3) is 0 Å². The van der Waals surface area contributed by atoms with Gasteiger partial charge in [-0.05, 0) is 68.5 Å². The minimum atomic E-state index is -1.27. The fourth-order valence-corrected chi connectivity index (χ4v) is 5.76. The molecule has 1 saturated heterocycles. The molecule has 0 bridgehead atoms. The van der Waals surface area contributed by atoms with Gasteiger partial charge in [0.25, 0.3) is 0 Å². The first-order valence-electron chi connectivity index (χ1n) is 11.1. The summed E-state index contributed by atoms with van der Waals surface area (Å²) in [6.07, 6.45) is 8.60. The summed E-state index contributed by atoms with van der Waals surface area (Å²) in [5.74, 6) is 0.876. The quantitative estimate of drug-likeness (QED) is 0.590. The zero-order chi connectivity index (χ0) is 20.4. The molecule has 1 aliphatic heterocycles. The summed E-state index contributed by atoms with van der Waals surface area (Å²) in [6.45, 7) is 0.700. The van der Waals surface area contributed by atoms with Crippen molar-refractivity contribution >= 4 is 11.3 Å². The van der Waals surface area contributed by atoms with E-state index in [-0.39, 0.29) is 11.0 Å². The van der Waals surface area contributed by atoms with Crippen LogP contribution in [0.5, 0.6) is 5.75 Å². The Balaban J connectivity index is 1.56. The average molecular weight is 388 g/mol. The third-order valence-corrected chi connectivity index (χ3v) is 7.25. The molecule has 3 heterocycles. The predicted molar refractivity (Wildman–Crippen MR) is 111 cm³/mol. The van der Waals surface area contributed by atoms with Gasteiger partial charge in [-0.25, -0.2) is 0 Å². The van der Waals surface area contributed by atoms with Gasteiger partial charge in [0.05, 0.1) is 12.7 Å². The van der Waals surface area contributed by atoms with Gasteiger partial charge in [-0.15, -0.1) is 11.3 Å². The molecule has 3 nitrogen and oxygen atoms in total. The molecule has 1 atom stereocenters. The summed E-state index contributed by atoms with van der Waals surface area (Å²) in [5, 5.41) is 2.02. The van der Waals surface area contributed by atoms with Crippen molar-refractivity contribution < 1.29 is 12.2 Å². The van der Waals surface area contributed by atoms with Gasteiger partial charge in [0.15, 0.2) is 0 Å². The largest absolute Gasteiger partial charge is 0.496 e. The number of rotatable bonds is 7. The van der Waals surface area contributed by atoms with Crippen LogP contribution in [0, 0.1) is 0 Å². The molecule has 1 spiro atoms. The number of hydrogen-bond acceptors (Lipinski definition) is 4. The fraction of sp³-hybridized carbons (Fsp3) is 0.609. The molecule has 0 amide bonds. The molecule has 2 fully saturated rings. The van der Waals surface area contributed by atoms with Crippen LogP contribution >= 0.6 is 11.3 Å². The minimum Gasteiger partial charge on any atom is -0.496 e. The van der Waals surface area contributed by atoms with Crippen LogP contribution < -0.4 is 4.74 Å². The highest BCUT2D eigenvalue weighted by Crippen LogP contribution is 2.50. The van der Waals surface area contributed by atoms with Gasteiger partial charge < -0.3 is 9.47 Å². The van der Waals surface area contributed by atoms with Crippen LogP contribution in [0.2, 0.25) is 0 Å². The average Bonchev–Trinajstić information content (AvgIpc) is 3.36. The number of aromatic nitrogens is 1. The molecular formula is C23H31NO2S. The summed E-state index contributed by atoms with van der Waals surface area (Å²) in [5.41, 5.74) is 0.697. The molecule has 146 valence electrons. The molecule has 2 aliphatic rings. The molecule has 27 heavy (non-hydrogen) atoms. The summed E-state index contributed by atoms with van der Waals surface area (Å²) in [7, 11) is 1.68. The zero-order valence-electron chi connectivity index (χ0n) is 18.2. The van der Waals surface area contributed by atoms with Crippen LogP contribution in [0.3, 0.4) is 0 Å². The summed E-state index contributed by atoms with van der Waals surface area (Å²) in [4.78, 5) is 5.84. The van der Waals surface area contributed by atoms with Crippen molar-refractivity contribution in [1.29, 1.82) is 0 Å². The van der Waals surface area contributed by atoms with E-state index in [1.807, 2.05) is 29.8 Å². The van der Waals surface area contributed by atoms with E-state index >= 15 is 0 Å². The van der Waals surface area contributed by atoms with Gasteiger partial charge in [0.1, 0.15) is 5.75 Å². The molecule has 0 aromatic carbocycles. The number of methoxy groups -OCH3 is 1. The van der Waals surface area contributed by atoms with Crippen molar-refractivity contribution in [3.63, 3.8) is 0 Å². The van der Waals surface area contributed by atoms with E-state index < -0.39 is 6.37 Å². The number of nitrogens with zero attached hydrogens (tertiary/aromatic N) is 1. The van der Waals surface area contributed by atoms with E-state index in [0.717, 1.165) is 42.0 Å². The van der Waals surface area contributed by atoms with Gasteiger partial charge >= 0.3 is 0 Å². The van der Waals surface area contributed by atoms with Gasteiger partial charge in [-0.2, -0.15) is 0 Å². The topological polar surface area (TPSA) is 31.4 Å². The second-order valence-corrected chi connectivity index (χ2v) is 9.00. The van der Waals surface area contributed by atoms with Gasteiger partial charge in [-0.3, -0.25) is 4.98 Å². The van der Waals surface area contributed by atoms with E-state index in [2.05, 4.69) is 6.07 Å². The SMILES string of the molecule is [2H]C([2H])(CCc1sccc1OC)C[C@@]1(c2ccccn2)CCOC2(CCCC2)C1. The van der Waals surface area contributed by atoms with Gasteiger partial charge in [0.2, 0.25) is 0 Å². The Kier molecular flexibility index (Phi) is 5.10. The first-order valence-corrected chi connectivity index (χ1v) is 11.0. The van der Waals surface area contributed by atoms with E-state index in [0.29, 0.717) is 25.9 Å². The molecule has 4 heteroatoms. The Morgan fingerprint density at radius 1 is 1.26 bits per heavy atom. The van der Waals surface area contributed by atoms with E-state index in [9.17, 15) is 0 Å². The van der Waals surface area contributed by atoms with Gasteiger partial charge in [0, 0.05) is 31.5 Å². The molecule has 0 unspecified atom stereocenters. The number of aryl methyl sites for hydroxylation is 1. The highest BCUT2D eigenvalue weighted by molar-refractivity contribution is 7.10. The molecular weight excluding hydrogens is 354 g/mol. The maximum absolute atomic E-state index is 8.89. The summed E-state index contributed by atoms with van der Waals surface area (Å²) < 4.78 is 29.5. The predicted octanol–water partition coefficient (Wildman–Crippen LogP) is 5.93. The van der Waals surface area contributed by atoms with Crippen LogP contribution in [0.15, 0.2) is 35.8 Å². The highest BCUT2D eigenvalue weighted by atomic mass is 32.1. The fourth-order valence-electron chi connectivity index (χ4n) is 4.92. The molecule has 1 aliphatic carbocycles. The number of thiophene rings is 1. The van der Waals surface area contributed by atoms with Crippen molar-refractivity contribution in [2.24, 2.45) is 0 Å². The molecule has 0 radical (unpaired) electrons. The molecule has 2 aromatic heterocycles. The maximum Gasteiger partial charge on any atom is 0.132 e. The number of hydrogen-bond donors (Lipinski definition) is 0. The summed E-state index contributed by atoms with van der Waals surface area (Å²) in [6, 6.07) is 8.03. The number of ether oxygens (including phenoxy) is 2. The van der Waals surface area contributed by atoms with Crippen molar-refractivity contribution in [3.8, 4) is 5.75 Å². The van der Waals surface area contributed by atoms with E-state index in [1.54, 1.807) is 18.4 Å². The lowest BCUT2D eigenvalue weighted by atomic mass is 9.67. The molecule has 0 N–H and O–H groups in total. The molecule has 4 rings (SSSR count). The van der Waals surface area contributed by atoms with Crippen LogP contribution in [-0.4, -0.2) is 24.3 Å². The Morgan fingerprint density at radius 2 is 2.15 bits per heavy atom. The third-order valence-electron chi connectivity index (χ3n) is 6.29. The Bertz CT molecular complexity index is 804. The van der Waals surface area contributed by atoms with Crippen LogP contribution in [-0.2, 0) is 16.6 Å². The minimum absolute atomic E-state index is 0.0805. The van der Waals surface area contributed by atoms with E-state index in [4.69, 9.17) is 17.2 Å². The Hall–Kier alpha value is -1.39. The van der Waals surface area contributed by atoms with Crippen molar-refractivity contribution in [2.45, 2.75) is 75.2 Å². The Morgan fingerprint density at radius 3 is 2.93 bits per heavy atom. The smallest absolute Gasteiger partial charge is 0.132 e. The second-order valence-electron chi connectivity index (χ2n) is 8.00. The highest BCUT2D eigenvalue weighted by Gasteiger charge is 2.48. The second kappa shape index (κ2) is 8.32. The van der Waals surface area contributed by atoms with Crippen molar-refractivity contribution in [1.82, 2.24) is 4.98 Å². The summed E-state index contributed by atoms with van der Waals surface area (Å²) >= 11 is 1.65. The van der Waals surface area contributed by atoms with E-state index in [1.165, 1.54) is 12.8 Å². The zero-order valence-corrected chi connectivity index (χ0v) is 17.0. The molecule has 2 aromatic rings. The normalized spacial score (nSPS) is 26.0. The lowest BCUT2D eigenvalue weighted by Gasteiger charge is -2.46. The monoisotopic (exact) mass is 387 g/mol. The van der Waals surface area contributed by atoms with Gasteiger partial charge in [-0.1, -0.05) is 25.3 Å². The van der Waals surface area contributed by atoms with Crippen molar-refractivity contribution in [2.75, 3.05) is 13.7 Å². The first-order chi connectivity index (χ1) is 14.0. The van der Waals surface area contributed by atoms with Crippen LogP contribution in [0.1, 0.15) is 71.1 Å². The number of pyridine rings is 1. The lowest BCUT2D eigenvalue weighted by molar-refractivity contribution is -0.104. The first kappa shape index (κ1) is 16.6. The van der Waals surface area contributed by atoms with Crippen LogP contribution in [0.4, 0.5) is 0 Å². The maximum atomic E-state index is 8.89. The standard InChI is InChI=1S/C23H31NO2S/c1-25-19-10-17-27-20(19)8-2-4-11-22(21-9-3-7-15-24-21)14-16-26-23(18-22)12-5-6-13-23/h3,7,9-10,15,17H,2,4-6,8,11-14,16,18H2,1H3/t22-/m1/s1/i4D2. The molecule has 1 saturated carbocycles. The lowest BCUT2D eigenvalue weighted by Crippen LogP contribution is -2.46. The Labute approximate surface area is 169 Å². The van der Waals surface area contributed by atoms with Crippen molar-refractivity contribution in [3.05, 3.63) is 46.4 Å². The third kappa shape index (κ3) is 4.07.